The molecule has 35 heavy (non-hydrogen) atoms. The molecule has 0 aliphatic carbocycles. The Morgan fingerprint density at radius 1 is 1.14 bits per heavy atom. The fourth-order valence-electron chi connectivity index (χ4n) is 3.95. The van der Waals surface area contributed by atoms with Crippen molar-refractivity contribution < 1.29 is 12.8 Å². The van der Waals surface area contributed by atoms with Gasteiger partial charge in [-0.05, 0) is 50.6 Å². The molecule has 0 aliphatic rings. The molecule has 0 saturated heterocycles. The minimum Gasteiger partial charge on any atom is -0.455 e. The highest BCUT2D eigenvalue weighted by Gasteiger charge is 2.22. The molecule has 4 rings (SSSR count). The maximum absolute atomic E-state index is 13.3. The van der Waals surface area contributed by atoms with Crippen LogP contribution in [0.25, 0.3) is 22.3 Å². The predicted molar refractivity (Wildman–Crippen MR) is 135 cm³/mol. The lowest BCUT2D eigenvalue weighted by molar-refractivity contribution is 0.594. The van der Waals surface area contributed by atoms with Crippen molar-refractivity contribution in [2.45, 2.75) is 31.8 Å². The van der Waals surface area contributed by atoms with Crippen molar-refractivity contribution in [3.63, 3.8) is 0 Å². The number of hydrogen-bond donors (Lipinski definition) is 2. The maximum Gasteiger partial charge on any atom is 0.257 e. The molecule has 0 aliphatic heterocycles. The summed E-state index contributed by atoms with van der Waals surface area (Å²) in [6.07, 6.45) is 1.60. The molecule has 0 fully saturated rings. The fraction of sp³-hybridized carbons (Fsp3) is 0.208. The summed E-state index contributed by atoms with van der Waals surface area (Å²) in [7, 11) is -2.54. The topological polar surface area (TPSA) is 137 Å². The van der Waals surface area contributed by atoms with Crippen molar-refractivity contribution in [1.29, 1.82) is 0 Å². The van der Waals surface area contributed by atoms with Gasteiger partial charge in [0.05, 0.1) is 17.1 Å². The van der Waals surface area contributed by atoms with Crippen molar-refractivity contribution in [3.8, 4) is 11.3 Å². The first-order chi connectivity index (χ1) is 16.4. The predicted octanol–water partition coefficient (Wildman–Crippen LogP) is 3.64. The average Bonchev–Trinajstić information content (AvgIpc) is 2.78. The second-order valence-corrected chi connectivity index (χ2v) is 10.2. The molecule has 3 aromatic heterocycles. The molecule has 4 aromatic rings. The molecule has 3 N–H and O–H groups in total. The number of nitrogens with two attached hydrogens (primary N) is 1. The van der Waals surface area contributed by atoms with Crippen LogP contribution in [0.4, 0.5) is 5.69 Å². The van der Waals surface area contributed by atoms with Crippen molar-refractivity contribution >= 4 is 38.3 Å². The fourth-order valence-corrected chi connectivity index (χ4v) is 4.81. The molecule has 0 radical (unpaired) electrons. The van der Waals surface area contributed by atoms with Gasteiger partial charge in [-0.1, -0.05) is 17.7 Å². The number of benzene rings is 1. The Kier molecular flexibility index (Phi) is 6.31. The summed E-state index contributed by atoms with van der Waals surface area (Å²) in [5.74, 6) is 0.341. The lowest BCUT2D eigenvalue weighted by atomic mass is 9.99. The number of pyridine rings is 2. The van der Waals surface area contributed by atoms with Gasteiger partial charge in [-0.25, -0.2) is 18.5 Å². The molecule has 1 atom stereocenters. The van der Waals surface area contributed by atoms with Crippen molar-refractivity contribution in [1.82, 2.24) is 9.55 Å². The zero-order valence-corrected chi connectivity index (χ0v) is 21.0. The first-order valence-electron chi connectivity index (χ1n) is 10.6. The van der Waals surface area contributed by atoms with Crippen LogP contribution in [0.3, 0.4) is 0 Å². The van der Waals surface area contributed by atoms with E-state index in [0.29, 0.717) is 33.4 Å². The van der Waals surface area contributed by atoms with Gasteiger partial charge in [0.15, 0.2) is 10.5 Å². The van der Waals surface area contributed by atoms with Gasteiger partial charge in [0.2, 0.25) is 5.56 Å². The summed E-state index contributed by atoms with van der Waals surface area (Å²) in [5.41, 5.74) is 2.54. The number of nitrogens with zero attached hydrogens (tertiary/aromatic N) is 2. The Bertz CT molecular complexity index is 1710. The van der Waals surface area contributed by atoms with Crippen LogP contribution in [0, 0.1) is 13.8 Å². The van der Waals surface area contributed by atoms with E-state index in [1.807, 2.05) is 13.0 Å². The lowest BCUT2D eigenvalue weighted by Crippen LogP contribution is -2.18. The maximum atomic E-state index is 13.3. The zero-order valence-electron chi connectivity index (χ0n) is 19.4. The van der Waals surface area contributed by atoms with E-state index in [-0.39, 0.29) is 21.8 Å². The Hall–Kier alpha value is -3.47. The number of rotatable bonds is 5. The van der Waals surface area contributed by atoms with E-state index in [0.717, 1.165) is 5.56 Å². The number of primary sulfonamides is 1. The summed E-state index contributed by atoms with van der Waals surface area (Å²) >= 11 is 5.87. The highest BCUT2D eigenvalue weighted by molar-refractivity contribution is 7.89. The smallest absolute Gasteiger partial charge is 0.257 e. The van der Waals surface area contributed by atoms with E-state index in [2.05, 4.69) is 10.3 Å². The first kappa shape index (κ1) is 24.6. The molecule has 0 saturated carbocycles. The quantitative estimate of drug-likeness (QED) is 0.388. The number of nitrogens with one attached hydrogen (secondary N) is 1. The van der Waals surface area contributed by atoms with E-state index in [4.69, 9.17) is 21.2 Å². The largest absolute Gasteiger partial charge is 0.455 e. The minimum absolute atomic E-state index is 0.0170. The standard InChI is InChI=1S/C24H23ClN4O5S/c1-12-9-16(14(3)27-18-6-7-19(25)28-24(18)35(26,32)33)23-17(10-12)21(31)13(2)22(34-23)15-5-8-20(30)29(4)11-15/h5-11,14,27H,1-4H3,(H2,26,32,33)/t14-/m1/s1. The van der Waals surface area contributed by atoms with Gasteiger partial charge >= 0.3 is 0 Å². The summed E-state index contributed by atoms with van der Waals surface area (Å²) in [6, 6.07) is 9.01. The molecule has 182 valence electrons. The van der Waals surface area contributed by atoms with Gasteiger partial charge in [-0.3, -0.25) is 9.59 Å². The van der Waals surface area contributed by atoms with E-state index >= 15 is 0 Å². The van der Waals surface area contributed by atoms with Crippen LogP contribution in [0.2, 0.25) is 5.15 Å². The number of sulfonamides is 1. The van der Waals surface area contributed by atoms with Crippen LogP contribution in [-0.2, 0) is 17.1 Å². The molecule has 0 amide bonds. The highest BCUT2D eigenvalue weighted by atomic mass is 35.5. The molecule has 1 aromatic carbocycles. The number of aryl methyl sites for hydroxylation is 2. The monoisotopic (exact) mass is 514 g/mol. The summed E-state index contributed by atoms with van der Waals surface area (Å²) < 4.78 is 31.8. The van der Waals surface area contributed by atoms with Crippen LogP contribution in [0.5, 0.6) is 0 Å². The molecule has 0 spiro atoms. The van der Waals surface area contributed by atoms with Crippen LogP contribution in [0.15, 0.2) is 61.6 Å². The van der Waals surface area contributed by atoms with Crippen LogP contribution in [0.1, 0.15) is 29.7 Å². The number of aromatic nitrogens is 2. The Labute approximate surface area is 206 Å². The van der Waals surface area contributed by atoms with Gasteiger partial charge in [-0.2, -0.15) is 0 Å². The molecule has 3 heterocycles. The molecule has 9 nitrogen and oxygen atoms in total. The summed E-state index contributed by atoms with van der Waals surface area (Å²) in [5, 5.41) is 8.41. The van der Waals surface area contributed by atoms with Crippen LogP contribution >= 0.6 is 11.6 Å². The molecule has 0 unspecified atom stereocenters. The van der Waals surface area contributed by atoms with E-state index in [1.165, 1.54) is 22.8 Å². The van der Waals surface area contributed by atoms with Gasteiger partial charge in [0.1, 0.15) is 16.5 Å². The first-order valence-corrected chi connectivity index (χ1v) is 12.5. The van der Waals surface area contributed by atoms with Gasteiger partial charge < -0.3 is 14.3 Å². The van der Waals surface area contributed by atoms with Crippen molar-refractivity contribution in [2.24, 2.45) is 12.2 Å². The van der Waals surface area contributed by atoms with E-state index < -0.39 is 21.1 Å². The zero-order chi connectivity index (χ0) is 25.7. The lowest BCUT2D eigenvalue weighted by Gasteiger charge is -2.20. The summed E-state index contributed by atoms with van der Waals surface area (Å²) in [6.45, 7) is 5.32. The van der Waals surface area contributed by atoms with Gasteiger partial charge in [0.25, 0.3) is 10.0 Å². The Morgan fingerprint density at radius 2 is 1.86 bits per heavy atom. The molecule has 0 bridgehead atoms. The second kappa shape index (κ2) is 8.95. The average molecular weight is 515 g/mol. The number of hydrogen-bond acceptors (Lipinski definition) is 7. The molecular weight excluding hydrogens is 492 g/mol. The minimum atomic E-state index is -4.16. The third-order valence-corrected chi connectivity index (χ3v) is 6.73. The number of fused-ring (bicyclic) bond motifs is 1. The third kappa shape index (κ3) is 4.72. The SMILES string of the molecule is Cc1cc([C@@H](C)Nc2ccc(Cl)nc2S(N)(=O)=O)c2oc(-c3ccc(=O)n(C)c3)c(C)c(=O)c2c1. The van der Waals surface area contributed by atoms with Crippen molar-refractivity contribution in [3.05, 3.63) is 85.0 Å². The van der Waals surface area contributed by atoms with Crippen molar-refractivity contribution in [2.75, 3.05) is 5.32 Å². The Morgan fingerprint density at radius 3 is 2.51 bits per heavy atom. The Balaban J connectivity index is 1.91. The van der Waals surface area contributed by atoms with Gasteiger partial charge in [0, 0.05) is 36.0 Å². The van der Waals surface area contributed by atoms with E-state index in [9.17, 15) is 18.0 Å². The highest BCUT2D eigenvalue weighted by Crippen LogP contribution is 2.33. The third-order valence-electron chi connectivity index (χ3n) is 5.67. The van der Waals surface area contributed by atoms with Crippen LogP contribution in [-0.4, -0.2) is 18.0 Å². The van der Waals surface area contributed by atoms with Crippen LogP contribution < -0.4 is 21.4 Å². The molecule has 11 heteroatoms. The van der Waals surface area contributed by atoms with Gasteiger partial charge in [-0.15, -0.1) is 0 Å². The van der Waals surface area contributed by atoms with E-state index in [1.54, 1.807) is 39.2 Å². The number of halogens is 1. The second-order valence-electron chi connectivity index (χ2n) is 8.38. The summed E-state index contributed by atoms with van der Waals surface area (Å²) in [4.78, 5) is 29.0. The normalized spacial score (nSPS) is 12.6. The molecular formula is C24H23ClN4O5S. The number of anilines is 1.